The van der Waals surface area contributed by atoms with Gasteiger partial charge in [-0.1, -0.05) is 11.6 Å². The average Bonchev–Trinajstić information content (AvgIpc) is 2.88. The van der Waals surface area contributed by atoms with Crippen molar-refractivity contribution < 1.29 is 37.1 Å². The Hall–Kier alpha value is -4.76. The van der Waals surface area contributed by atoms with Crippen LogP contribution < -0.4 is 19.5 Å². The van der Waals surface area contributed by atoms with Gasteiger partial charge in [0.05, 0.1) is 29.7 Å². The van der Waals surface area contributed by atoms with E-state index in [1.165, 1.54) is 32.4 Å². The summed E-state index contributed by atoms with van der Waals surface area (Å²) in [5.74, 6) is -0.942. The number of methoxy groups -OCH3 is 2. The van der Waals surface area contributed by atoms with Crippen LogP contribution in [0.3, 0.4) is 0 Å². The molecule has 0 aliphatic carbocycles. The molecule has 0 fully saturated rings. The fourth-order valence-corrected chi connectivity index (χ4v) is 3.40. The molecule has 38 heavy (non-hydrogen) atoms. The third-order valence-corrected chi connectivity index (χ3v) is 5.25. The van der Waals surface area contributed by atoms with E-state index in [2.05, 4.69) is 5.32 Å². The number of alkyl halides is 3. The van der Waals surface area contributed by atoms with Crippen molar-refractivity contribution in [2.24, 2.45) is 0 Å². The molecule has 1 N–H and O–H groups in total. The molecular formula is C25H17ClF3N3O6. The Bertz CT molecular complexity index is 1450. The van der Waals surface area contributed by atoms with E-state index in [9.17, 15) is 33.3 Å². The molecule has 0 aromatic heterocycles. The number of anilines is 1. The van der Waals surface area contributed by atoms with Gasteiger partial charge in [0.2, 0.25) is 5.75 Å². The number of nitro benzene ring substituents is 1. The van der Waals surface area contributed by atoms with E-state index in [1.807, 2.05) is 0 Å². The first kappa shape index (κ1) is 27.8. The van der Waals surface area contributed by atoms with Crippen LogP contribution in [-0.2, 0) is 11.0 Å². The molecule has 13 heteroatoms. The maximum absolute atomic E-state index is 13.0. The molecule has 0 heterocycles. The Morgan fingerprint density at radius 3 is 2.32 bits per heavy atom. The second-order valence-corrected chi connectivity index (χ2v) is 7.83. The molecule has 0 atom stereocenters. The molecule has 9 nitrogen and oxygen atoms in total. The van der Waals surface area contributed by atoms with Gasteiger partial charge in [-0.25, -0.2) is 0 Å². The number of halogens is 4. The molecule has 0 radical (unpaired) electrons. The van der Waals surface area contributed by atoms with Gasteiger partial charge >= 0.3 is 11.9 Å². The van der Waals surface area contributed by atoms with Crippen molar-refractivity contribution in [2.75, 3.05) is 19.5 Å². The summed E-state index contributed by atoms with van der Waals surface area (Å²) in [4.78, 5) is 22.9. The van der Waals surface area contributed by atoms with Gasteiger partial charge < -0.3 is 19.5 Å². The molecule has 0 spiro atoms. The number of carbonyl (C=O) groups excluding carboxylic acids is 1. The monoisotopic (exact) mass is 547 g/mol. The van der Waals surface area contributed by atoms with Gasteiger partial charge in [0.1, 0.15) is 17.4 Å². The summed E-state index contributed by atoms with van der Waals surface area (Å²) >= 11 is 6.28. The molecular weight excluding hydrogens is 531 g/mol. The number of amides is 1. The minimum absolute atomic E-state index is 0.0641. The van der Waals surface area contributed by atoms with Crippen molar-refractivity contribution in [3.8, 4) is 29.1 Å². The first-order chi connectivity index (χ1) is 18.0. The Morgan fingerprint density at radius 1 is 1.08 bits per heavy atom. The Morgan fingerprint density at radius 2 is 1.76 bits per heavy atom. The van der Waals surface area contributed by atoms with Gasteiger partial charge in [-0.2, -0.15) is 18.4 Å². The zero-order valence-corrected chi connectivity index (χ0v) is 20.4. The molecule has 3 aromatic carbocycles. The van der Waals surface area contributed by atoms with Gasteiger partial charge in [0.25, 0.3) is 5.91 Å². The van der Waals surface area contributed by atoms with Crippen molar-refractivity contribution in [1.29, 1.82) is 5.26 Å². The van der Waals surface area contributed by atoms with Gasteiger partial charge in [0.15, 0.2) is 11.5 Å². The van der Waals surface area contributed by atoms with E-state index >= 15 is 0 Å². The van der Waals surface area contributed by atoms with Crippen molar-refractivity contribution in [3.05, 3.63) is 86.4 Å². The van der Waals surface area contributed by atoms with E-state index < -0.39 is 34.0 Å². The maximum Gasteiger partial charge on any atom is 0.416 e. The predicted octanol–water partition coefficient (Wildman–Crippen LogP) is 6.62. The van der Waals surface area contributed by atoms with E-state index in [-0.39, 0.29) is 27.7 Å². The molecule has 0 aliphatic rings. The zero-order valence-electron chi connectivity index (χ0n) is 19.6. The summed E-state index contributed by atoms with van der Waals surface area (Å²) in [5, 5.41) is 23.3. The van der Waals surface area contributed by atoms with Gasteiger partial charge in [-0.05, 0) is 60.2 Å². The summed E-state index contributed by atoms with van der Waals surface area (Å²) in [7, 11) is 2.72. The largest absolute Gasteiger partial charge is 0.497 e. The second kappa shape index (κ2) is 11.5. The second-order valence-electron chi connectivity index (χ2n) is 7.43. The van der Waals surface area contributed by atoms with E-state index in [0.29, 0.717) is 23.6 Å². The maximum atomic E-state index is 13.0. The molecule has 3 aromatic rings. The number of nitro groups is 1. The van der Waals surface area contributed by atoms with Crippen LogP contribution in [0.25, 0.3) is 6.08 Å². The number of benzene rings is 3. The number of nitrogens with one attached hydrogen (secondary N) is 1. The molecule has 0 bridgehead atoms. The fourth-order valence-electron chi connectivity index (χ4n) is 3.14. The van der Waals surface area contributed by atoms with E-state index in [0.717, 1.165) is 6.07 Å². The lowest BCUT2D eigenvalue weighted by molar-refractivity contribution is -0.385. The van der Waals surface area contributed by atoms with Crippen molar-refractivity contribution in [1.82, 2.24) is 0 Å². The van der Waals surface area contributed by atoms with Crippen LogP contribution in [0.1, 0.15) is 11.1 Å². The Labute approximate surface area is 218 Å². The van der Waals surface area contributed by atoms with E-state index in [4.69, 9.17) is 25.8 Å². The highest BCUT2D eigenvalue weighted by molar-refractivity contribution is 6.32. The molecule has 0 aliphatic heterocycles. The summed E-state index contributed by atoms with van der Waals surface area (Å²) in [6, 6.07) is 12.6. The number of rotatable bonds is 8. The van der Waals surface area contributed by atoms with E-state index in [1.54, 1.807) is 30.3 Å². The van der Waals surface area contributed by atoms with Gasteiger partial charge in [-0.15, -0.1) is 0 Å². The third-order valence-electron chi connectivity index (χ3n) is 4.97. The lowest BCUT2D eigenvalue weighted by atomic mass is 10.1. The van der Waals surface area contributed by atoms with Crippen LogP contribution >= 0.6 is 11.6 Å². The van der Waals surface area contributed by atoms with Crippen LogP contribution in [0.4, 0.5) is 24.5 Å². The molecule has 0 saturated carbocycles. The first-order valence-corrected chi connectivity index (χ1v) is 10.8. The number of ether oxygens (including phenoxy) is 3. The molecule has 0 saturated heterocycles. The average molecular weight is 548 g/mol. The minimum Gasteiger partial charge on any atom is -0.497 e. The molecule has 196 valence electrons. The van der Waals surface area contributed by atoms with Gasteiger partial charge in [0, 0.05) is 11.8 Å². The smallest absolute Gasteiger partial charge is 0.416 e. The topological polar surface area (TPSA) is 124 Å². The van der Waals surface area contributed by atoms with Crippen LogP contribution in [-0.4, -0.2) is 25.1 Å². The molecule has 3 rings (SSSR count). The normalized spacial score (nSPS) is 11.3. The predicted molar refractivity (Wildman–Crippen MR) is 131 cm³/mol. The zero-order chi connectivity index (χ0) is 28.0. The number of nitrogens with zero attached hydrogens (tertiary/aromatic N) is 2. The van der Waals surface area contributed by atoms with Crippen molar-refractivity contribution in [3.63, 3.8) is 0 Å². The quantitative estimate of drug-likeness (QED) is 0.145. The summed E-state index contributed by atoms with van der Waals surface area (Å²) in [6.07, 6.45) is -3.58. The molecule has 1 amide bonds. The highest BCUT2D eigenvalue weighted by atomic mass is 35.5. The standard InChI is InChI=1S/C25H17ClF3N3O6/c1-36-18-6-4-17(5-7-18)31-24(33)15(13-30)9-14-10-19(26)23(22(11-14)37-2)38-21-8-3-16(25(27,28)29)12-20(21)32(34)35/h3-12H,1-2H3,(H,31,33)/b15-9+. The van der Waals surface area contributed by atoms with Crippen molar-refractivity contribution in [2.45, 2.75) is 6.18 Å². The highest BCUT2D eigenvalue weighted by Gasteiger charge is 2.33. The van der Waals surface area contributed by atoms with Crippen LogP contribution in [0.5, 0.6) is 23.0 Å². The van der Waals surface area contributed by atoms with Crippen molar-refractivity contribution >= 4 is 35.0 Å². The number of hydrogen-bond donors (Lipinski definition) is 1. The number of nitriles is 1. The highest BCUT2D eigenvalue weighted by Crippen LogP contribution is 2.43. The van der Waals surface area contributed by atoms with Gasteiger partial charge in [-0.3, -0.25) is 14.9 Å². The molecule has 0 unspecified atom stereocenters. The number of carbonyl (C=O) groups is 1. The first-order valence-electron chi connectivity index (χ1n) is 10.4. The fraction of sp³-hybridized carbons (Fsp3) is 0.120. The summed E-state index contributed by atoms with van der Waals surface area (Å²) < 4.78 is 54.7. The Balaban J connectivity index is 1.93. The minimum atomic E-state index is -4.80. The summed E-state index contributed by atoms with van der Waals surface area (Å²) in [6.45, 7) is 0. The lowest BCUT2D eigenvalue weighted by Gasteiger charge is -2.14. The number of hydrogen-bond acceptors (Lipinski definition) is 7. The Kier molecular flexibility index (Phi) is 8.44. The third kappa shape index (κ3) is 6.51. The SMILES string of the molecule is COc1ccc(NC(=O)/C(C#N)=C/c2cc(Cl)c(Oc3ccc(C(F)(F)F)cc3[N+](=O)[O-])c(OC)c2)cc1. The summed E-state index contributed by atoms with van der Waals surface area (Å²) in [5.41, 5.74) is -1.81. The van der Waals surface area contributed by atoms with Crippen LogP contribution in [0.15, 0.2) is 60.2 Å². The van der Waals surface area contributed by atoms with Crippen LogP contribution in [0.2, 0.25) is 5.02 Å². The lowest BCUT2D eigenvalue weighted by Crippen LogP contribution is -2.13. The van der Waals surface area contributed by atoms with Crippen LogP contribution in [0, 0.1) is 21.4 Å².